The van der Waals surface area contributed by atoms with Crippen LogP contribution in [0.15, 0.2) is 40.9 Å². The fourth-order valence-corrected chi connectivity index (χ4v) is 3.32. The van der Waals surface area contributed by atoms with Crippen LogP contribution in [-0.4, -0.2) is 19.8 Å². The summed E-state index contributed by atoms with van der Waals surface area (Å²) < 4.78 is 12.7. The van der Waals surface area contributed by atoms with Crippen molar-refractivity contribution in [2.75, 3.05) is 19.8 Å². The summed E-state index contributed by atoms with van der Waals surface area (Å²) in [7, 11) is 0. The largest absolute Gasteiger partial charge is 0.490 e. The summed E-state index contributed by atoms with van der Waals surface area (Å²) >= 11 is 3.50. The summed E-state index contributed by atoms with van der Waals surface area (Å²) in [4.78, 5) is 0. The molecule has 1 aliphatic rings. The summed E-state index contributed by atoms with van der Waals surface area (Å²) in [6.07, 6.45) is 1.01. The van der Waals surface area contributed by atoms with Crippen LogP contribution >= 0.6 is 15.9 Å². The van der Waals surface area contributed by atoms with Crippen molar-refractivity contribution in [3.05, 3.63) is 57.6 Å². The molecule has 0 aliphatic carbocycles. The fraction of sp³-hybridized carbons (Fsp3) is 0.368. The number of benzene rings is 2. The molecule has 23 heavy (non-hydrogen) atoms. The first-order valence-corrected chi connectivity index (χ1v) is 8.93. The lowest BCUT2D eigenvalue weighted by atomic mass is 9.89. The molecule has 1 aliphatic heterocycles. The van der Waals surface area contributed by atoms with Crippen LogP contribution in [0, 0.1) is 0 Å². The first-order valence-electron chi connectivity index (χ1n) is 8.14. The van der Waals surface area contributed by atoms with Gasteiger partial charge in [0, 0.05) is 11.0 Å². The molecule has 0 aromatic heterocycles. The van der Waals surface area contributed by atoms with E-state index in [1.54, 1.807) is 0 Å². The van der Waals surface area contributed by atoms with E-state index in [-0.39, 0.29) is 6.04 Å². The molecule has 0 spiro atoms. The lowest BCUT2D eigenvalue weighted by Gasteiger charge is -2.29. The maximum Gasteiger partial charge on any atom is 0.161 e. The molecule has 0 saturated carbocycles. The van der Waals surface area contributed by atoms with Crippen molar-refractivity contribution in [3.8, 4) is 11.5 Å². The molecule has 4 heteroatoms. The Bertz CT molecular complexity index is 670. The smallest absolute Gasteiger partial charge is 0.161 e. The van der Waals surface area contributed by atoms with Crippen LogP contribution in [0.1, 0.15) is 36.6 Å². The average Bonchev–Trinajstić information content (AvgIpc) is 2.56. The summed E-state index contributed by atoms with van der Waals surface area (Å²) in [6, 6.07) is 13.0. The molecule has 1 heterocycles. The monoisotopic (exact) mass is 375 g/mol. The van der Waals surface area contributed by atoms with Gasteiger partial charge in [0.05, 0.1) is 19.3 Å². The number of hydrogen-bond donors (Lipinski definition) is 1. The van der Waals surface area contributed by atoms with E-state index in [1.165, 1.54) is 16.7 Å². The molecule has 2 aromatic rings. The highest BCUT2D eigenvalue weighted by Gasteiger charge is 2.24. The van der Waals surface area contributed by atoms with Gasteiger partial charge in [0.1, 0.15) is 0 Å². The van der Waals surface area contributed by atoms with Gasteiger partial charge in [-0.05, 0) is 61.2 Å². The Morgan fingerprint density at radius 3 is 2.35 bits per heavy atom. The third-order valence-electron chi connectivity index (χ3n) is 4.06. The van der Waals surface area contributed by atoms with Gasteiger partial charge in [-0.1, -0.05) is 28.1 Å². The summed E-state index contributed by atoms with van der Waals surface area (Å²) in [6.45, 7) is 6.25. The van der Waals surface area contributed by atoms with Crippen molar-refractivity contribution in [2.24, 2.45) is 0 Å². The number of hydrogen-bond acceptors (Lipinski definition) is 3. The van der Waals surface area contributed by atoms with E-state index >= 15 is 0 Å². The van der Waals surface area contributed by atoms with E-state index in [9.17, 15) is 0 Å². The van der Waals surface area contributed by atoms with Crippen molar-refractivity contribution >= 4 is 15.9 Å². The molecule has 3 nitrogen and oxygen atoms in total. The van der Waals surface area contributed by atoms with E-state index in [4.69, 9.17) is 9.47 Å². The highest BCUT2D eigenvalue weighted by molar-refractivity contribution is 9.10. The number of ether oxygens (including phenoxy) is 2. The molecule has 2 aromatic carbocycles. The van der Waals surface area contributed by atoms with Crippen LogP contribution in [0.4, 0.5) is 0 Å². The van der Waals surface area contributed by atoms with E-state index in [0.717, 1.165) is 28.9 Å². The van der Waals surface area contributed by atoms with Crippen molar-refractivity contribution < 1.29 is 9.47 Å². The van der Waals surface area contributed by atoms with Gasteiger partial charge in [0.15, 0.2) is 11.5 Å². The molecular formula is C19H22BrNO2. The normalized spacial score (nSPS) is 16.7. The minimum Gasteiger partial charge on any atom is -0.490 e. The van der Waals surface area contributed by atoms with Crippen molar-refractivity contribution in [1.29, 1.82) is 0 Å². The molecule has 0 fully saturated rings. The van der Waals surface area contributed by atoms with Crippen LogP contribution in [0.3, 0.4) is 0 Å². The van der Waals surface area contributed by atoms with Crippen molar-refractivity contribution in [2.45, 2.75) is 26.3 Å². The minimum atomic E-state index is 0.196. The minimum absolute atomic E-state index is 0.196. The van der Waals surface area contributed by atoms with Crippen molar-refractivity contribution in [3.63, 3.8) is 0 Å². The molecule has 1 atom stereocenters. The maximum absolute atomic E-state index is 5.80. The van der Waals surface area contributed by atoms with Crippen LogP contribution in [0.5, 0.6) is 11.5 Å². The standard InChI is InChI=1S/C19H22BrNO2/c1-3-22-17-11-14-9-10-21-19(13-5-7-15(20)8-6-13)16(14)12-18(17)23-4-2/h5-8,11-12,19,21H,3-4,9-10H2,1-2H3/t19-/m0/s1. The lowest BCUT2D eigenvalue weighted by Crippen LogP contribution is -2.30. The third kappa shape index (κ3) is 3.54. The zero-order valence-corrected chi connectivity index (χ0v) is 15.2. The Labute approximate surface area is 146 Å². The molecule has 0 saturated heterocycles. The molecule has 0 unspecified atom stereocenters. The predicted molar refractivity (Wildman–Crippen MR) is 96.5 cm³/mol. The molecular weight excluding hydrogens is 354 g/mol. The maximum atomic E-state index is 5.80. The van der Waals surface area contributed by atoms with Gasteiger partial charge < -0.3 is 14.8 Å². The molecule has 3 rings (SSSR count). The Morgan fingerprint density at radius 1 is 1.04 bits per heavy atom. The van der Waals surface area contributed by atoms with Crippen molar-refractivity contribution in [1.82, 2.24) is 5.32 Å². The van der Waals surface area contributed by atoms with E-state index in [2.05, 4.69) is 57.6 Å². The predicted octanol–water partition coefficient (Wildman–Crippen LogP) is 4.48. The van der Waals surface area contributed by atoms with Gasteiger partial charge in [-0.25, -0.2) is 0 Å². The number of halogens is 1. The number of nitrogens with one attached hydrogen (secondary N) is 1. The average molecular weight is 376 g/mol. The van der Waals surface area contributed by atoms with Crippen LogP contribution < -0.4 is 14.8 Å². The first kappa shape index (κ1) is 16.3. The van der Waals surface area contributed by atoms with E-state index in [1.807, 2.05) is 13.8 Å². The second-order valence-electron chi connectivity index (χ2n) is 5.55. The summed E-state index contributed by atoms with van der Waals surface area (Å²) in [5, 5.41) is 3.62. The second-order valence-corrected chi connectivity index (χ2v) is 6.47. The molecule has 1 N–H and O–H groups in total. The van der Waals surface area contributed by atoms with E-state index in [0.29, 0.717) is 13.2 Å². The second kappa shape index (κ2) is 7.37. The topological polar surface area (TPSA) is 30.5 Å². The summed E-state index contributed by atoms with van der Waals surface area (Å²) in [5.41, 5.74) is 3.88. The zero-order valence-electron chi connectivity index (χ0n) is 13.6. The Morgan fingerprint density at radius 2 is 1.70 bits per heavy atom. The van der Waals surface area contributed by atoms with Crippen LogP contribution in [0.2, 0.25) is 0 Å². The van der Waals surface area contributed by atoms with E-state index < -0.39 is 0 Å². The van der Waals surface area contributed by atoms with Gasteiger partial charge in [0.25, 0.3) is 0 Å². The fourth-order valence-electron chi connectivity index (χ4n) is 3.05. The Hall–Kier alpha value is -1.52. The molecule has 0 bridgehead atoms. The highest BCUT2D eigenvalue weighted by atomic mass is 79.9. The quantitative estimate of drug-likeness (QED) is 0.835. The Kier molecular flexibility index (Phi) is 5.23. The van der Waals surface area contributed by atoms with Gasteiger partial charge in [0.2, 0.25) is 0 Å². The van der Waals surface area contributed by atoms with Crippen LogP contribution in [-0.2, 0) is 6.42 Å². The van der Waals surface area contributed by atoms with Gasteiger partial charge in [-0.2, -0.15) is 0 Å². The first-order chi connectivity index (χ1) is 11.2. The molecule has 0 amide bonds. The molecule has 0 radical (unpaired) electrons. The van der Waals surface area contributed by atoms with Gasteiger partial charge >= 0.3 is 0 Å². The zero-order chi connectivity index (χ0) is 16.2. The molecule has 122 valence electrons. The number of fused-ring (bicyclic) bond motifs is 1. The SMILES string of the molecule is CCOc1cc2c(cc1OCC)[C@H](c1ccc(Br)cc1)NCC2. The van der Waals surface area contributed by atoms with Crippen LogP contribution in [0.25, 0.3) is 0 Å². The van der Waals surface area contributed by atoms with Gasteiger partial charge in [-0.3, -0.25) is 0 Å². The number of rotatable bonds is 5. The van der Waals surface area contributed by atoms with Gasteiger partial charge in [-0.15, -0.1) is 0 Å². The lowest BCUT2D eigenvalue weighted by molar-refractivity contribution is 0.286. The highest BCUT2D eigenvalue weighted by Crippen LogP contribution is 2.37. The summed E-state index contributed by atoms with van der Waals surface area (Å²) in [5.74, 6) is 1.68. The third-order valence-corrected chi connectivity index (χ3v) is 4.59. The Balaban J connectivity index is 2.02.